The Bertz CT molecular complexity index is 816. The standard InChI is InChI=1S/C18H19N5O.HI/c1-24-17-5-2-4-15(12-17)22-18(19)20-13-14-6-8-16(9-7-14)23-11-3-10-21-23;/h2-12H,13H2,1H3,(H3,19,20,22);1H. The summed E-state index contributed by atoms with van der Waals surface area (Å²) in [5, 5.41) is 7.25. The zero-order chi connectivity index (χ0) is 16.8. The number of benzene rings is 2. The van der Waals surface area contributed by atoms with Crippen molar-refractivity contribution in [3.8, 4) is 11.4 Å². The Hall–Kier alpha value is -2.55. The molecule has 1 heterocycles. The Morgan fingerprint density at radius 3 is 2.68 bits per heavy atom. The molecular formula is C18H20IN5O. The highest BCUT2D eigenvalue weighted by Gasteiger charge is 1.99. The maximum Gasteiger partial charge on any atom is 0.193 e. The number of hydrogen-bond acceptors (Lipinski definition) is 3. The zero-order valence-corrected chi connectivity index (χ0v) is 16.1. The fraction of sp³-hybridized carbons (Fsp3) is 0.111. The molecule has 130 valence electrons. The van der Waals surface area contributed by atoms with Gasteiger partial charge in [0.2, 0.25) is 0 Å². The summed E-state index contributed by atoms with van der Waals surface area (Å²) in [5.74, 6) is 1.13. The van der Waals surface area contributed by atoms with Crippen molar-refractivity contribution in [2.75, 3.05) is 12.4 Å². The van der Waals surface area contributed by atoms with Crippen LogP contribution in [0.4, 0.5) is 5.69 Å². The van der Waals surface area contributed by atoms with E-state index in [0.717, 1.165) is 22.7 Å². The molecule has 2 aromatic carbocycles. The van der Waals surface area contributed by atoms with E-state index in [1.807, 2.05) is 65.5 Å². The van der Waals surface area contributed by atoms with E-state index in [1.165, 1.54) is 0 Å². The first-order chi connectivity index (χ1) is 11.7. The van der Waals surface area contributed by atoms with Crippen molar-refractivity contribution >= 4 is 35.6 Å². The van der Waals surface area contributed by atoms with E-state index in [-0.39, 0.29) is 24.0 Å². The molecule has 3 aromatic rings. The lowest BCUT2D eigenvalue weighted by Gasteiger charge is -2.07. The number of rotatable bonds is 5. The zero-order valence-electron chi connectivity index (χ0n) is 13.8. The van der Waals surface area contributed by atoms with Gasteiger partial charge in [-0.05, 0) is 35.9 Å². The molecule has 3 N–H and O–H groups in total. The van der Waals surface area contributed by atoms with Crippen LogP contribution >= 0.6 is 24.0 Å². The summed E-state index contributed by atoms with van der Waals surface area (Å²) in [6.45, 7) is 0.502. The third-order valence-electron chi connectivity index (χ3n) is 3.48. The number of anilines is 1. The van der Waals surface area contributed by atoms with Crippen LogP contribution < -0.4 is 15.8 Å². The second-order valence-corrected chi connectivity index (χ2v) is 5.18. The van der Waals surface area contributed by atoms with Gasteiger partial charge in [-0.15, -0.1) is 24.0 Å². The molecule has 7 heteroatoms. The average molecular weight is 449 g/mol. The molecule has 0 atom stereocenters. The first kappa shape index (κ1) is 18.8. The second-order valence-electron chi connectivity index (χ2n) is 5.18. The van der Waals surface area contributed by atoms with Crippen LogP contribution in [0.25, 0.3) is 5.69 Å². The minimum Gasteiger partial charge on any atom is -0.497 e. The summed E-state index contributed by atoms with van der Waals surface area (Å²) < 4.78 is 6.99. The van der Waals surface area contributed by atoms with Crippen LogP contribution in [0, 0.1) is 0 Å². The van der Waals surface area contributed by atoms with Crippen LogP contribution in [-0.2, 0) is 6.54 Å². The fourth-order valence-electron chi connectivity index (χ4n) is 2.24. The van der Waals surface area contributed by atoms with Gasteiger partial charge in [0.25, 0.3) is 0 Å². The van der Waals surface area contributed by atoms with Crippen molar-refractivity contribution in [1.29, 1.82) is 0 Å². The molecule has 0 spiro atoms. The van der Waals surface area contributed by atoms with Gasteiger partial charge in [0, 0.05) is 24.1 Å². The Labute approximate surface area is 163 Å². The lowest BCUT2D eigenvalue weighted by atomic mass is 10.2. The van der Waals surface area contributed by atoms with Gasteiger partial charge < -0.3 is 15.8 Å². The van der Waals surface area contributed by atoms with Gasteiger partial charge in [0.15, 0.2) is 5.96 Å². The minimum atomic E-state index is 0. The van der Waals surface area contributed by atoms with Gasteiger partial charge >= 0.3 is 0 Å². The average Bonchev–Trinajstić information content (AvgIpc) is 3.15. The molecule has 0 saturated heterocycles. The maximum atomic E-state index is 5.94. The van der Waals surface area contributed by atoms with E-state index >= 15 is 0 Å². The third kappa shape index (κ3) is 5.21. The van der Waals surface area contributed by atoms with Crippen molar-refractivity contribution in [3.05, 3.63) is 72.6 Å². The molecule has 0 bridgehead atoms. The smallest absolute Gasteiger partial charge is 0.193 e. The van der Waals surface area contributed by atoms with E-state index in [2.05, 4.69) is 15.4 Å². The number of aliphatic imine (C=N–C) groups is 1. The van der Waals surface area contributed by atoms with Gasteiger partial charge in [-0.2, -0.15) is 5.10 Å². The summed E-state index contributed by atoms with van der Waals surface area (Å²) >= 11 is 0. The quantitative estimate of drug-likeness (QED) is 0.356. The van der Waals surface area contributed by atoms with E-state index < -0.39 is 0 Å². The van der Waals surface area contributed by atoms with E-state index in [9.17, 15) is 0 Å². The van der Waals surface area contributed by atoms with Gasteiger partial charge in [-0.3, -0.25) is 0 Å². The highest BCUT2D eigenvalue weighted by Crippen LogP contribution is 2.16. The highest BCUT2D eigenvalue weighted by molar-refractivity contribution is 14.0. The predicted octanol–water partition coefficient (Wildman–Crippen LogP) is 3.43. The van der Waals surface area contributed by atoms with E-state index in [4.69, 9.17) is 10.5 Å². The molecule has 1 aromatic heterocycles. The molecule has 0 aliphatic rings. The van der Waals surface area contributed by atoms with Crippen LogP contribution in [0.1, 0.15) is 5.56 Å². The molecule has 0 radical (unpaired) electrons. The number of aromatic nitrogens is 2. The van der Waals surface area contributed by atoms with E-state index in [0.29, 0.717) is 12.5 Å². The SMILES string of the molecule is COc1cccc(NC(N)=NCc2ccc(-n3cccn3)cc2)c1.I. The lowest BCUT2D eigenvalue weighted by molar-refractivity contribution is 0.415. The first-order valence-electron chi connectivity index (χ1n) is 7.54. The number of ether oxygens (including phenoxy) is 1. The van der Waals surface area contributed by atoms with Gasteiger partial charge in [0.05, 0.1) is 19.3 Å². The Morgan fingerprint density at radius 2 is 2.00 bits per heavy atom. The topological polar surface area (TPSA) is 77.5 Å². The second kappa shape index (κ2) is 9.07. The van der Waals surface area contributed by atoms with Crippen LogP contribution in [0.5, 0.6) is 5.75 Å². The van der Waals surface area contributed by atoms with Crippen molar-refractivity contribution in [1.82, 2.24) is 9.78 Å². The largest absolute Gasteiger partial charge is 0.497 e. The number of nitrogens with zero attached hydrogens (tertiary/aromatic N) is 3. The minimum absolute atomic E-state index is 0. The number of methoxy groups -OCH3 is 1. The van der Waals surface area contributed by atoms with Crippen LogP contribution in [0.2, 0.25) is 0 Å². The Balaban J connectivity index is 0.00000225. The molecule has 0 unspecified atom stereocenters. The van der Waals surface area contributed by atoms with Crippen molar-refractivity contribution in [2.45, 2.75) is 6.54 Å². The van der Waals surface area contributed by atoms with Crippen LogP contribution in [-0.4, -0.2) is 22.8 Å². The summed E-state index contributed by atoms with van der Waals surface area (Å²) in [6.07, 6.45) is 3.66. The Kier molecular flexibility index (Phi) is 6.81. The van der Waals surface area contributed by atoms with E-state index in [1.54, 1.807) is 13.3 Å². The summed E-state index contributed by atoms with van der Waals surface area (Å²) in [5.41, 5.74) is 8.85. The Morgan fingerprint density at radius 1 is 1.20 bits per heavy atom. The normalized spacial score (nSPS) is 10.8. The summed E-state index contributed by atoms with van der Waals surface area (Å²) in [7, 11) is 1.63. The molecule has 25 heavy (non-hydrogen) atoms. The summed E-state index contributed by atoms with van der Waals surface area (Å²) in [6, 6.07) is 17.5. The van der Waals surface area contributed by atoms with Gasteiger partial charge in [0.1, 0.15) is 5.75 Å². The molecule has 0 amide bonds. The number of hydrogen-bond donors (Lipinski definition) is 2. The number of nitrogens with two attached hydrogens (primary N) is 1. The van der Waals surface area contributed by atoms with Crippen LogP contribution in [0.3, 0.4) is 0 Å². The fourth-order valence-corrected chi connectivity index (χ4v) is 2.24. The molecule has 0 aliphatic carbocycles. The maximum absolute atomic E-state index is 5.94. The third-order valence-corrected chi connectivity index (χ3v) is 3.48. The van der Waals surface area contributed by atoms with Crippen molar-refractivity contribution in [3.63, 3.8) is 0 Å². The molecule has 3 rings (SSSR count). The number of nitrogens with one attached hydrogen (secondary N) is 1. The predicted molar refractivity (Wildman–Crippen MR) is 111 cm³/mol. The molecule has 6 nitrogen and oxygen atoms in total. The van der Waals surface area contributed by atoms with Crippen LogP contribution in [0.15, 0.2) is 72.0 Å². The monoisotopic (exact) mass is 449 g/mol. The molecule has 0 aliphatic heterocycles. The number of halogens is 1. The first-order valence-corrected chi connectivity index (χ1v) is 7.54. The summed E-state index contributed by atoms with van der Waals surface area (Å²) in [4.78, 5) is 4.36. The van der Waals surface area contributed by atoms with Gasteiger partial charge in [-0.25, -0.2) is 9.67 Å². The number of guanidine groups is 1. The lowest BCUT2D eigenvalue weighted by Crippen LogP contribution is -2.22. The highest BCUT2D eigenvalue weighted by atomic mass is 127. The van der Waals surface area contributed by atoms with Crippen molar-refractivity contribution in [2.24, 2.45) is 10.7 Å². The van der Waals surface area contributed by atoms with Crippen molar-refractivity contribution < 1.29 is 4.74 Å². The molecule has 0 fully saturated rings. The molecular weight excluding hydrogens is 429 g/mol. The van der Waals surface area contributed by atoms with Gasteiger partial charge in [-0.1, -0.05) is 18.2 Å². The molecule has 0 saturated carbocycles.